The maximum absolute atomic E-state index is 12.9. The SMILES string of the molecule is CC1(c2ccc(OC(F)F)cc2)NC(=O)N(Cc2ccccc2Cl)C1=O. The highest BCUT2D eigenvalue weighted by atomic mass is 35.5. The summed E-state index contributed by atoms with van der Waals surface area (Å²) in [6.45, 7) is -1.34. The Labute approximate surface area is 153 Å². The lowest BCUT2D eigenvalue weighted by atomic mass is 9.92. The van der Waals surface area contributed by atoms with Crippen LogP contribution >= 0.6 is 11.6 Å². The van der Waals surface area contributed by atoms with Crippen LogP contribution in [0.1, 0.15) is 18.1 Å². The first-order valence-corrected chi connectivity index (χ1v) is 8.12. The van der Waals surface area contributed by atoms with E-state index in [1.165, 1.54) is 24.3 Å². The Morgan fingerprint density at radius 1 is 1.15 bits per heavy atom. The van der Waals surface area contributed by atoms with E-state index in [2.05, 4.69) is 10.1 Å². The molecule has 1 saturated heterocycles. The number of carbonyl (C=O) groups excluding carboxylic acids is 2. The van der Waals surface area contributed by atoms with Gasteiger partial charge in [0.25, 0.3) is 5.91 Å². The number of nitrogens with zero attached hydrogens (tertiary/aromatic N) is 1. The number of alkyl halides is 2. The van der Waals surface area contributed by atoms with Crippen LogP contribution in [0.2, 0.25) is 5.02 Å². The van der Waals surface area contributed by atoms with E-state index >= 15 is 0 Å². The highest BCUT2D eigenvalue weighted by molar-refractivity contribution is 6.31. The van der Waals surface area contributed by atoms with E-state index in [0.717, 1.165) is 4.90 Å². The molecule has 1 heterocycles. The quantitative estimate of drug-likeness (QED) is 0.800. The van der Waals surface area contributed by atoms with Crippen molar-refractivity contribution in [1.82, 2.24) is 10.2 Å². The van der Waals surface area contributed by atoms with Gasteiger partial charge >= 0.3 is 12.6 Å². The van der Waals surface area contributed by atoms with Crippen LogP contribution in [-0.2, 0) is 16.9 Å². The number of benzene rings is 2. The smallest absolute Gasteiger partial charge is 0.387 e. The number of nitrogens with one attached hydrogen (secondary N) is 1. The molecule has 1 fully saturated rings. The van der Waals surface area contributed by atoms with Gasteiger partial charge in [-0.3, -0.25) is 9.69 Å². The van der Waals surface area contributed by atoms with Crippen molar-refractivity contribution < 1.29 is 23.1 Å². The lowest BCUT2D eigenvalue weighted by Crippen LogP contribution is -2.40. The van der Waals surface area contributed by atoms with Crippen molar-refractivity contribution in [2.75, 3.05) is 0 Å². The predicted octanol–water partition coefficient (Wildman–Crippen LogP) is 3.91. The predicted molar refractivity (Wildman–Crippen MR) is 91.0 cm³/mol. The maximum Gasteiger partial charge on any atom is 0.387 e. The zero-order valence-corrected chi connectivity index (χ0v) is 14.5. The zero-order chi connectivity index (χ0) is 18.9. The molecule has 5 nitrogen and oxygen atoms in total. The van der Waals surface area contributed by atoms with E-state index in [0.29, 0.717) is 16.1 Å². The number of imide groups is 1. The second kappa shape index (κ2) is 6.92. The molecule has 3 rings (SSSR count). The number of hydrogen-bond acceptors (Lipinski definition) is 3. The van der Waals surface area contributed by atoms with Crippen molar-refractivity contribution in [1.29, 1.82) is 0 Å². The number of amides is 3. The first-order chi connectivity index (χ1) is 12.3. The largest absolute Gasteiger partial charge is 0.435 e. The summed E-state index contributed by atoms with van der Waals surface area (Å²) in [6, 6.07) is 12.0. The van der Waals surface area contributed by atoms with Crippen molar-refractivity contribution >= 4 is 23.5 Å². The van der Waals surface area contributed by atoms with Gasteiger partial charge < -0.3 is 10.1 Å². The molecule has 136 valence electrons. The Bertz CT molecular complexity index is 845. The minimum absolute atomic E-state index is 0.0305. The van der Waals surface area contributed by atoms with Crippen LogP contribution in [-0.4, -0.2) is 23.4 Å². The molecule has 0 radical (unpaired) electrons. The lowest BCUT2D eigenvalue weighted by molar-refractivity contribution is -0.131. The van der Waals surface area contributed by atoms with Crippen molar-refractivity contribution in [3.05, 3.63) is 64.7 Å². The lowest BCUT2D eigenvalue weighted by Gasteiger charge is -2.22. The molecular formula is C18H15ClF2N2O3. The van der Waals surface area contributed by atoms with Crippen LogP contribution in [0, 0.1) is 0 Å². The number of halogens is 3. The first kappa shape index (κ1) is 18.1. The van der Waals surface area contributed by atoms with Gasteiger partial charge in [0.2, 0.25) is 0 Å². The van der Waals surface area contributed by atoms with Crippen molar-refractivity contribution in [2.24, 2.45) is 0 Å². The summed E-state index contributed by atoms with van der Waals surface area (Å²) in [5.41, 5.74) is -0.205. The van der Waals surface area contributed by atoms with Crippen molar-refractivity contribution in [3.63, 3.8) is 0 Å². The molecule has 0 aliphatic carbocycles. The van der Waals surface area contributed by atoms with E-state index in [-0.39, 0.29) is 12.3 Å². The van der Waals surface area contributed by atoms with Gasteiger partial charge in [-0.1, -0.05) is 41.9 Å². The van der Waals surface area contributed by atoms with Gasteiger partial charge in [0, 0.05) is 5.02 Å². The van der Waals surface area contributed by atoms with Crippen LogP contribution in [0.15, 0.2) is 48.5 Å². The Morgan fingerprint density at radius 2 is 1.81 bits per heavy atom. The van der Waals surface area contributed by atoms with Gasteiger partial charge in [-0.2, -0.15) is 8.78 Å². The van der Waals surface area contributed by atoms with Crippen LogP contribution in [0.5, 0.6) is 5.75 Å². The summed E-state index contributed by atoms with van der Waals surface area (Å²) in [7, 11) is 0. The van der Waals surface area contributed by atoms with Crippen molar-refractivity contribution in [3.8, 4) is 5.75 Å². The summed E-state index contributed by atoms with van der Waals surface area (Å²) in [5.74, 6) is -0.484. The minimum atomic E-state index is -2.93. The summed E-state index contributed by atoms with van der Waals surface area (Å²) < 4.78 is 28.8. The Morgan fingerprint density at radius 3 is 2.42 bits per heavy atom. The fourth-order valence-corrected chi connectivity index (χ4v) is 3.00. The normalized spacial score (nSPS) is 19.8. The van der Waals surface area contributed by atoms with Crippen LogP contribution in [0.4, 0.5) is 13.6 Å². The number of urea groups is 1. The molecule has 1 N–H and O–H groups in total. The second-order valence-electron chi connectivity index (χ2n) is 5.94. The third-order valence-corrected chi connectivity index (χ3v) is 4.59. The van der Waals surface area contributed by atoms with E-state index in [1.807, 2.05) is 0 Å². The number of rotatable bonds is 5. The average molecular weight is 381 g/mol. The molecule has 0 aromatic heterocycles. The third-order valence-electron chi connectivity index (χ3n) is 4.22. The average Bonchev–Trinajstić information content (AvgIpc) is 2.81. The molecule has 2 aromatic rings. The highest BCUT2D eigenvalue weighted by Gasteiger charge is 2.49. The van der Waals surface area contributed by atoms with E-state index in [4.69, 9.17) is 11.6 Å². The molecule has 26 heavy (non-hydrogen) atoms. The summed E-state index contributed by atoms with van der Waals surface area (Å²) >= 11 is 6.10. The number of ether oxygens (including phenoxy) is 1. The molecule has 1 atom stereocenters. The van der Waals surface area contributed by atoms with Crippen LogP contribution < -0.4 is 10.1 Å². The van der Waals surface area contributed by atoms with E-state index in [1.54, 1.807) is 31.2 Å². The zero-order valence-electron chi connectivity index (χ0n) is 13.7. The van der Waals surface area contributed by atoms with Crippen LogP contribution in [0.25, 0.3) is 0 Å². The second-order valence-corrected chi connectivity index (χ2v) is 6.35. The van der Waals surface area contributed by atoms with Gasteiger partial charge in [0.05, 0.1) is 6.54 Å². The summed E-state index contributed by atoms with van der Waals surface area (Å²) in [4.78, 5) is 26.3. The molecule has 0 spiro atoms. The molecule has 1 unspecified atom stereocenters. The van der Waals surface area contributed by atoms with Gasteiger partial charge in [-0.05, 0) is 36.2 Å². The molecule has 1 aliphatic heterocycles. The van der Waals surface area contributed by atoms with Gasteiger partial charge in [0.1, 0.15) is 11.3 Å². The van der Waals surface area contributed by atoms with Gasteiger partial charge in [-0.15, -0.1) is 0 Å². The molecular weight excluding hydrogens is 366 g/mol. The highest BCUT2D eigenvalue weighted by Crippen LogP contribution is 2.31. The number of carbonyl (C=O) groups is 2. The fourth-order valence-electron chi connectivity index (χ4n) is 2.80. The summed E-state index contributed by atoms with van der Waals surface area (Å²) in [6.07, 6.45) is 0. The van der Waals surface area contributed by atoms with Crippen molar-refractivity contribution in [2.45, 2.75) is 25.6 Å². The fraction of sp³-hybridized carbons (Fsp3) is 0.222. The minimum Gasteiger partial charge on any atom is -0.435 e. The molecule has 3 amide bonds. The third kappa shape index (κ3) is 3.35. The standard InChI is InChI=1S/C18H15ClF2N2O3/c1-18(12-6-8-13(9-7-12)26-16(20)21)15(24)23(17(25)22-18)10-11-4-2-3-5-14(11)19/h2-9,16H,10H2,1H3,(H,22,25). The van der Waals surface area contributed by atoms with Gasteiger partial charge in [0.15, 0.2) is 0 Å². The Kier molecular flexibility index (Phi) is 4.82. The molecule has 0 saturated carbocycles. The topological polar surface area (TPSA) is 58.6 Å². The van der Waals surface area contributed by atoms with E-state index < -0.39 is 24.1 Å². The Hall–Kier alpha value is -2.67. The molecule has 2 aromatic carbocycles. The molecule has 8 heteroatoms. The van der Waals surface area contributed by atoms with Gasteiger partial charge in [-0.25, -0.2) is 4.79 Å². The number of hydrogen-bond donors (Lipinski definition) is 1. The molecule has 1 aliphatic rings. The Balaban J connectivity index is 1.83. The molecule has 0 bridgehead atoms. The van der Waals surface area contributed by atoms with Crippen LogP contribution in [0.3, 0.4) is 0 Å². The maximum atomic E-state index is 12.9. The monoisotopic (exact) mass is 380 g/mol. The van der Waals surface area contributed by atoms with E-state index in [9.17, 15) is 18.4 Å². The first-order valence-electron chi connectivity index (χ1n) is 7.74. The summed E-state index contributed by atoms with van der Waals surface area (Å²) in [5, 5.41) is 3.11.